The van der Waals surface area contributed by atoms with Crippen LogP contribution in [0.4, 0.5) is 0 Å². The third-order valence-corrected chi connectivity index (χ3v) is 1.55. The summed E-state index contributed by atoms with van der Waals surface area (Å²) >= 11 is 0. The lowest BCUT2D eigenvalue weighted by atomic mass is 10.2. The van der Waals surface area contributed by atoms with Gasteiger partial charge in [-0.15, -0.1) is 0 Å². The number of hydrogen-bond acceptors (Lipinski definition) is 2. The van der Waals surface area contributed by atoms with Gasteiger partial charge in [-0.1, -0.05) is 12.1 Å². The summed E-state index contributed by atoms with van der Waals surface area (Å²) in [6, 6.07) is 7.15. The van der Waals surface area contributed by atoms with Crippen molar-refractivity contribution in [3.05, 3.63) is 29.8 Å². The van der Waals surface area contributed by atoms with Crippen LogP contribution in [0.25, 0.3) is 0 Å². The number of hydrogen-bond donors (Lipinski definition) is 1. The van der Waals surface area contributed by atoms with Crippen LogP contribution in [-0.4, -0.2) is 17.3 Å². The fraction of sp³-hybridized carbons (Fsp3) is 0.538. The minimum absolute atomic E-state index is 0.338. The van der Waals surface area contributed by atoms with Gasteiger partial charge in [-0.2, -0.15) is 0 Å². The molecule has 0 atom stereocenters. The van der Waals surface area contributed by atoms with Gasteiger partial charge in [0.25, 0.3) is 0 Å². The van der Waals surface area contributed by atoms with Crippen LogP contribution in [0, 0.1) is 6.92 Å². The van der Waals surface area contributed by atoms with E-state index < -0.39 is 0 Å². The average molecular weight is 210 g/mol. The Morgan fingerprint density at radius 2 is 1.60 bits per heavy atom. The van der Waals surface area contributed by atoms with Crippen molar-refractivity contribution in [3.8, 4) is 5.75 Å². The SMILES string of the molecule is CC(C)OC(C)C.Cc1cccc(O)c1. The van der Waals surface area contributed by atoms with Gasteiger partial charge >= 0.3 is 0 Å². The van der Waals surface area contributed by atoms with Crippen molar-refractivity contribution in [2.24, 2.45) is 0 Å². The van der Waals surface area contributed by atoms with E-state index in [1.54, 1.807) is 12.1 Å². The fourth-order valence-electron chi connectivity index (χ4n) is 1.17. The average Bonchev–Trinajstić information content (AvgIpc) is 2.01. The molecule has 0 aliphatic rings. The molecule has 0 amide bonds. The Labute approximate surface area is 92.9 Å². The van der Waals surface area contributed by atoms with Crippen LogP contribution >= 0.6 is 0 Å². The highest BCUT2D eigenvalue weighted by Crippen LogP contribution is 2.08. The topological polar surface area (TPSA) is 29.5 Å². The highest BCUT2D eigenvalue weighted by Gasteiger charge is 1.94. The lowest BCUT2D eigenvalue weighted by Crippen LogP contribution is -2.09. The fourth-order valence-corrected chi connectivity index (χ4v) is 1.17. The Bertz CT molecular complexity index is 244. The summed E-state index contributed by atoms with van der Waals surface area (Å²) in [6.07, 6.45) is 0.750. The normalized spacial score (nSPS) is 10.1. The van der Waals surface area contributed by atoms with Crippen LogP contribution in [0.3, 0.4) is 0 Å². The van der Waals surface area contributed by atoms with Gasteiger partial charge in [0.1, 0.15) is 5.75 Å². The largest absolute Gasteiger partial charge is 0.508 e. The van der Waals surface area contributed by atoms with Gasteiger partial charge in [0.05, 0.1) is 12.2 Å². The summed E-state index contributed by atoms with van der Waals surface area (Å²) in [6.45, 7) is 10.1. The number of ether oxygens (including phenoxy) is 1. The second kappa shape index (κ2) is 7.30. The van der Waals surface area contributed by atoms with Crippen LogP contribution < -0.4 is 0 Å². The van der Waals surface area contributed by atoms with E-state index in [1.165, 1.54) is 0 Å². The van der Waals surface area contributed by atoms with Crippen LogP contribution in [0.2, 0.25) is 0 Å². The van der Waals surface area contributed by atoms with Gasteiger partial charge in [-0.05, 0) is 52.3 Å². The maximum absolute atomic E-state index is 8.81. The summed E-state index contributed by atoms with van der Waals surface area (Å²) < 4.78 is 5.25. The zero-order valence-electron chi connectivity index (χ0n) is 10.3. The van der Waals surface area contributed by atoms with E-state index in [1.807, 2.05) is 46.8 Å². The molecule has 0 saturated heterocycles. The maximum Gasteiger partial charge on any atom is 0.115 e. The number of benzene rings is 1. The van der Waals surface area contributed by atoms with Gasteiger partial charge in [0.2, 0.25) is 0 Å². The van der Waals surface area contributed by atoms with Gasteiger partial charge in [-0.25, -0.2) is 0 Å². The van der Waals surface area contributed by atoms with E-state index >= 15 is 0 Å². The Morgan fingerprint density at radius 1 is 1.07 bits per heavy atom. The molecule has 15 heavy (non-hydrogen) atoms. The van der Waals surface area contributed by atoms with E-state index in [4.69, 9.17) is 9.84 Å². The molecule has 0 aliphatic heterocycles. The van der Waals surface area contributed by atoms with Gasteiger partial charge < -0.3 is 9.84 Å². The van der Waals surface area contributed by atoms with Crippen molar-refractivity contribution in [1.29, 1.82) is 0 Å². The zero-order valence-corrected chi connectivity index (χ0v) is 10.3. The molecule has 1 aromatic carbocycles. The summed E-state index contributed by atoms with van der Waals surface area (Å²) in [5.74, 6) is 0.338. The van der Waals surface area contributed by atoms with Crippen molar-refractivity contribution in [2.45, 2.75) is 46.8 Å². The minimum atomic E-state index is 0.338. The molecule has 0 saturated carbocycles. The number of aromatic hydroxyl groups is 1. The second-order valence-electron chi connectivity index (χ2n) is 4.07. The Morgan fingerprint density at radius 3 is 1.80 bits per heavy atom. The molecule has 0 aromatic heterocycles. The second-order valence-corrected chi connectivity index (χ2v) is 4.07. The molecule has 2 nitrogen and oxygen atoms in total. The van der Waals surface area contributed by atoms with E-state index in [9.17, 15) is 0 Å². The van der Waals surface area contributed by atoms with Crippen molar-refractivity contribution in [1.82, 2.24) is 0 Å². The molecular formula is C13H22O2. The Kier molecular flexibility index (Phi) is 6.80. The first-order chi connectivity index (χ1) is 6.91. The standard InChI is InChI=1S/C7H8O.C6H14O/c1-6-3-2-4-7(8)5-6;1-5(2)7-6(3)4/h2-5,8H,1H3;5-6H,1-4H3. The highest BCUT2D eigenvalue weighted by molar-refractivity contribution is 5.25. The van der Waals surface area contributed by atoms with Gasteiger partial charge in [-0.3, -0.25) is 0 Å². The third kappa shape index (κ3) is 9.29. The molecule has 1 aromatic rings. The predicted molar refractivity (Wildman–Crippen MR) is 64.2 cm³/mol. The number of rotatable bonds is 2. The number of phenols is 1. The molecule has 0 spiro atoms. The van der Waals surface area contributed by atoms with Crippen molar-refractivity contribution >= 4 is 0 Å². The summed E-state index contributed by atoms with van der Waals surface area (Å²) in [7, 11) is 0. The molecule has 86 valence electrons. The molecule has 0 fully saturated rings. The molecule has 0 heterocycles. The van der Waals surface area contributed by atoms with E-state index in [0.29, 0.717) is 18.0 Å². The Balaban J connectivity index is 0.000000265. The van der Waals surface area contributed by atoms with Crippen LogP contribution in [0.5, 0.6) is 5.75 Å². The number of aryl methyl sites for hydroxylation is 1. The first-order valence-corrected chi connectivity index (χ1v) is 5.33. The molecule has 1 N–H and O–H groups in total. The quantitative estimate of drug-likeness (QED) is 0.809. The molecule has 0 unspecified atom stereocenters. The molecule has 0 radical (unpaired) electrons. The Hall–Kier alpha value is -1.02. The van der Waals surface area contributed by atoms with Crippen LogP contribution in [-0.2, 0) is 4.74 Å². The van der Waals surface area contributed by atoms with Crippen molar-refractivity contribution < 1.29 is 9.84 Å². The van der Waals surface area contributed by atoms with Crippen LogP contribution in [0.1, 0.15) is 33.3 Å². The zero-order chi connectivity index (χ0) is 11.8. The first-order valence-electron chi connectivity index (χ1n) is 5.33. The van der Waals surface area contributed by atoms with Gasteiger partial charge in [0, 0.05) is 0 Å². The molecular weight excluding hydrogens is 188 g/mol. The number of phenolic OH excluding ortho intramolecular Hbond substituents is 1. The van der Waals surface area contributed by atoms with Crippen molar-refractivity contribution in [2.75, 3.05) is 0 Å². The predicted octanol–water partition coefficient (Wildman–Crippen LogP) is 3.52. The minimum Gasteiger partial charge on any atom is -0.508 e. The van der Waals surface area contributed by atoms with Crippen molar-refractivity contribution in [3.63, 3.8) is 0 Å². The maximum atomic E-state index is 8.81. The summed E-state index contributed by atoms with van der Waals surface area (Å²) in [4.78, 5) is 0. The molecule has 2 heteroatoms. The smallest absolute Gasteiger partial charge is 0.115 e. The van der Waals surface area contributed by atoms with E-state index in [2.05, 4.69) is 0 Å². The molecule has 0 aliphatic carbocycles. The van der Waals surface area contributed by atoms with Gasteiger partial charge in [0.15, 0.2) is 0 Å². The molecule has 0 bridgehead atoms. The first kappa shape index (κ1) is 14.0. The van der Waals surface area contributed by atoms with Crippen LogP contribution in [0.15, 0.2) is 24.3 Å². The molecule has 1 rings (SSSR count). The van der Waals surface area contributed by atoms with E-state index in [0.717, 1.165) is 5.56 Å². The lowest BCUT2D eigenvalue weighted by molar-refractivity contribution is 0.0300. The highest BCUT2D eigenvalue weighted by atomic mass is 16.5. The lowest BCUT2D eigenvalue weighted by Gasteiger charge is -2.09. The van der Waals surface area contributed by atoms with E-state index in [-0.39, 0.29) is 0 Å². The monoisotopic (exact) mass is 210 g/mol. The summed E-state index contributed by atoms with van der Waals surface area (Å²) in [5.41, 5.74) is 1.09. The summed E-state index contributed by atoms with van der Waals surface area (Å²) in [5, 5.41) is 8.81. The third-order valence-electron chi connectivity index (χ3n) is 1.55.